The van der Waals surface area contributed by atoms with Gasteiger partial charge in [0.25, 0.3) is 0 Å². The van der Waals surface area contributed by atoms with Crippen molar-refractivity contribution in [2.24, 2.45) is 5.92 Å². The Labute approximate surface area is 110 Å². The van der Waals surface area contributed by atoms with Crippen molar-refractivity contribution in [2.75, 3.05) is 20.3 Å². The quantitative estimate of drug-likeness (QED) is 0.760. The van der Waals surface area contributed by atoms with Gasteiger partial charge in [-0.1, -0.05) is 20.3 Å². The number of methoxy groups -OCH3 is 1. The molecule has 2 atom stereocenters. The van der Waals surface area contributed by atoms with E-state index in [1.165, 1.54) is 12.8 Å². The topological polar surface area (TPSA) is 49.8 Å². The first kappa shape index (κ1) is 15.4. The summed E-state index contributed by atoms with van der Waals surface area (Å²) in [4.78, 5) is 13.2. The van der Waals surface area contributed by atoms with E-state index in [1.807, 2.05) is 0 Å². The second kappa shape index (κ2) is 7.74. The third-order valence-electron chi connectivity index (χ3n) is 3.90. The van der Waals surface area contributed by atoms with Crippen molar-refractivity contribution >= 4 is 5.97 Å². The zero-order valence-electron chi connectivity index (χ0n) is 11.9. The van der Waals surface area contributed by atoms with Gasteiger partial charge in [-0.15, -0.1) is 0 Å². The fourth-order valence-electron chi connectivity index (χ4n) is 2.90. The molecule has 0 aliphatic carbocycles. The number of carboxylic acid groups (broad SMARTS) is 1. The monoisotopic (exact) mass is 257 g/mol. The molecule has 1 aliphatic heterocycles. The molecule has 0 radical (unpaired) electrons. The number of rotatable bonds is 7. The molecule has 0 saturated carbocycles. The molecule has 1 saturated heterocycles. The van der Waals surface area contributed by atoms with Gasteiger partial charge >= 0.3 is 5.97 Å². The van der Waals surface area contributed by atoms with Crippen LogP contribution in [0.2, 0.25) is 0 Å². The lowest BCUT2D eigenvalue weighted by molar-refractivity contribution is -0.137. The van der Waals surface area contributed by atoms with Gasteiger partial charge in [-0.3, -0.25) is 9.69 Å². The van der Waals surface area contributed by atoms with Crippen LogP contribution in [0.1, 0.15) is 46.0 Å². The third kappa shape index (κ3) is 4.58. The van der Waals surface area contributed by atoms with Gasteiger partial charge in [-0.2, -0.15) is 0 Å². The summed E-state index contributed by atoms with van der Waals surface area (Å²) in [5.74, 6) is -0.149. The van der Waals surface area contributed by atoms with Gasteiger partial charge in [0.05, 0.1) is 6.61 Å². The second-order valence-corrected chi connectivity index (χ2v) is 5.59. The molecule has 0 aromatic rings. The molecule has 1 rings (SSSR count). The molecule has 0 aromatic carbocycles. The predicted molar refractivity (Wildman–Crippen MR) is 71.7 cm³/mol. The Morgan fingerprint density at radius 1 is 1.44 bits per heavy atom. The minimum absolute atomic E-state index is 0.277. The van der Waals surface area contributed by atoms with E-state index in [0.717, 1.165) is 26.0 Å². The van der Waals surface area contributed by atoms with E-state index >= 15 is 0 Å². The van der Waals surface area contributed by atoms with Gasteiger partial charge in [0.15, 0.2) is 0 Å². The molecular formula is C14H27NO3. The Balaban J connectivity index is 2.63. The van der Waals surface area contributed by atoms with E-state index in [2.05, 4.69) is 18.7 Å². The Morgan fingerprint density at radius 3 is 2.72 bits per heavy atom. The number of hydrogen-bond donors (Lipinski definition) is 1. The van der Waals surface area contributed by atoms with Crippen molar-refractivity contribution in [1.82, 2.24) is 4.90 Å². The van der Waals surface area contributed by atoms with Gasteiger partial charge in [-0.25, -0.2) is 0 Å². The summed E-state index contributed by atoms with van der Waals surface area (Å²) in [7, 11) is 1.74. The molecule has 18 heavy (non-hydrogen) atoms. The number of aliphatic carboxylic acids is 1. The van der Waals surface area contributed by atoms with E-state index < -0.39 is 5.97 Å². The summed E-state index contributed by atoms with van der Waals surface area (Å²) in [5.41, 5.74) is 0. The lowest BCUT2D eigenvalue weighted by atomic mass is 9.92. The van der Waals surface area contributed by atoms with Crippen molar-refractivity contribution in [1.29, 1.82) is 0 Å². The van der Waals surface area contributed by atoms with E-state index in [0.29, 0.717) is 18.0 Å². The fourth-order valence-corrected chi connectivity index (χ4v) is 2.90. The summed E-state index contributed by atoms with van der Waals surface area (Å²) in [6.07, 6.45) is 4.61. The van der Waals surface area contributed by atoms with Crippen molar-refractivity contribution in [3.63, 3.8) is 0 Å². The van der Waals surface area contributed by atoms with Crippen LogP contribution in [0.5, 0.6) is 0 Å². The number of carbonyl (C=O) groups is 1. The third-order valence-corrected chi connectivity index (χ3v) is 3.90. The maximum atomic E-state index is 10.7. The molecule has 0 spiro atoms. The van der Waals surface area contributed by atoms with Crippen LogP contribution >= 0.6 is 0 Å². The van der Waals surface area contributed by atoms with Crippen LogP contribution in [0.4, 0.5) is 0 Å². The molecular weight excluding hydrogens is 230 g/mol. The van der Waals surface area contributed by atoms with Gasteiger partial charge in [0, 0.05) is 25.6 Å². The van der Waals surface area contributed by atoms with Crippen molar-refractivity contribution in [3.05, 3.63) is 0 Å². The van der Waals surface area contributed by atoms with Crippen LogP contribution in [0, 0.1) is 5.92 Å². The van der Waals surface area contributed by atoms with Crippen LogP contribution in [-0.4, -0.2) is 48.3 Å². The molecule has 1 fully saturated rings. The van der Waals surface area contributed by atoms with Crippen LogP contribution in [0.3, 0.4) is 0 Å². The highest BCUT2D eigenvalue weighted by Crippen LogP contribution is 2.26. The number of piperidine rings is 1. The van der Waals surface area contributed by atoms with Crippen LogP contribution in [0.15, 0.2) is 0 Å². The smallest absolute Gasteiger partial charge is 0.303 e. The number of nitrogens with zero attached hydrogens (tertiary/aromatic N) is 1. The lowest BCUT2D eigenvalue weighted by Gasteiger charge is -2.42. The molecule has 0 amide bonds. The Bertz CT molecular complexity index is 255. The minimum Gasteiger partial charge on any atom is -0.481 e. The van der Waals surface area contributed by atoms with Gasteiger partial charge in [0.1, 0.15) is 0 Å². The lowest BCUT2D eigenvalue weighted by Crippen LogP contribution is -2.50. The minimum atomic E-state index is -0.687. The molecule has 4 nitrogen and oxygen atoms in total. The van der Waals surface area contributed by atoms with E-state index in [1.54, 1.807) is 7.11 Å². The van der Waals surface area contributed by atoms with Crippen LogP contribution < -0.4 is 0 Å². The predicted octanol–water partition coefficient (Wildman–Crippen LogP) is 2.38. The standard InChI is InChI=1S/C14H27NO3/c1-11(2)13(10-18-3)15-9-5-4-6-12(15)7-8-14(16)17/h11-13H,4-10H2,1-3H3,(H,16,17). The number of carboxylic acids is 1. The largest absolute Gasteiger partial charge is 0.481 e. The van der Waals surface area contributed by atoms with E-state index in [-0.39, 0.29) is 6.42 Å². The molecule has 2 unspecified atom stereocenters. The SMILES string of the molecule is COCC(C(C)C)N1CCCCC1CCC(=O)O. The number of hydrogen-bond acceptors (Lipinski definition) is 3. The summed E-state index contributed by atoms with van der Waals surface area (Å²) >= 11 is 0. The van der Waals surface area contributed by atoms with Gasteiger partial charge < -0.3 is 9.84 Å². The highest BCUT2D eigenvalue weighted by molar-refractivity contribution is 5.66. The summed E-state index contributed by atoms with van der Waals surface area (Å²) in [6, 6.07) is 0.825. The average Bonchev–Trinajstić information content (AvgIpc) is 2.33. The highest BCUT2D eigenvalue weighted by Gasteiger charge is 2.30. The van der Waals surface area contributed by atoms with Gasteiger partial charge in [-0.05, 0) is 31.7 Å². The molecule has 4 heteroatoms. The van der Waals surface area contributed by atoms with Crippen LogP contribution in [0.25, 0.3) is 0 Å². The summed E-state index contributed by atoms with van der Waals surface area (Å²) in [5, 5.41) is 8.84. The molecule has 1 heterocycles. The maximum absolute atomic E-state index is 10.7. The molecule has 1 aliphatic rings. The first-order chi connectivity index (χ1) is 8.56. The first-order valence-corrected chi connectivity index (χ1v) is 7.02. The zero-order chi connectivity index (χ0) is 13.5. The fraction of sp³-hybridized carbons (Fsp3) is 0.929. The Kier molecular flexibility index (Phi) is 6.65. The van der Waals surface area contributed by atoms with Crippen molar-refractivity contribution in [3.8, 4) is 0 Å². The molecule has 1 N–H and O–H groups in total. The summed E-state index contributed by atoms with van der Waals surface area (Å²) in [6.45, 7) is 6.25. The molecule has 106 valence electrons. The molecule has 0 aromatic heterocycles. The highest BCUT2D eigenvalue weighted by atomic mass is 16.5. The van der Waals surface area contributed by atoms with Crippen molar-refractivity contribution < 1.29 is 14.6 Å². The normalized spacial score (nSPS) is 23.2. The van der Waals surface area contributed by atoms with Crippen LogP contribution in [-0.2, 0) is 9.53 Å². The number of likely N-dealkylation sites (tertiary alicyclic amines) is 1. The average molecular weight is 257 g/mol. The first-order valence-electron chi connectivity index (χ1n) is 7.02. The zero-order valence-corrected chi connectivity index (χ0v) is 11.9. The number of ether oxygens (including phenoxy) is 1. The second-order valence-electron chi connectivity index (χ2n) is 5.59. The van der Waals surface area contributed by atoms with Crippen molar-refractivity contribution in [2.45, 2.75) is 58.0 Å². The Morgan fingerprint density at radius 2 is 2.17 bits per heavy atom. The van der Waals surface area contributed by atoms with E-state index in [4.69, 9.17) is 9.84 Å². The maximum Gasteiger partial charge on any atom is 0.303 e. The molecule has 0 bridgehead atoms. The van der Waals surface area contributed by atoms with Gasteiger partial charge in [0.2, 0.25) is 0 Å². The van der Waals surface area contributed by atoms with E-state index in [9.17, 15) is 4.79 Å². The Hall–Kier alpha value is -0.610. The summed E-state index contributed by atoms with van der Waals surface area (Å²) < 4.78 is 5.33.